The molecule has 5 nitrogen and oxygen atoms in total. The summed E-state index contributed by atoms with van der Waals surface area (Å²) in [6.07, 6.45) is 5.61. The predicted molar refractivity (Wildman–Crippen MR) is 77.2 cm³/mol. The summed E-state index contributed by atoms with van der Waals surface area (Å²) in [6, 6.07) is 10.5. The van der Waals surface area contributed by atoms with Crippen LogP contribution in [0.2, 0.25) is 0 Å². The molecule has 0 aliphatic carbocycles. The number of nitrogens with zero attached hydrogens (tertiary/aromatic N) is 5. The summed E-state index contributed by atoms with van der Waals surface area (Å²) in [4.78, 5) is 0. The number of benzene rings is 1. The third kappa shape index (κ3) is 2.22. The maximum absolute atomic E-state index is 4.30. The van der Waals surface area contributed by atoms with Gasteiger partial charge in [0.05, 0.1) is 17.8 Å². The van der Waals surface area contributed by atoms with Gasteiger partial charge in [0.2, 0.25) is 0 Å². The lowest BCUT2D eigenvalue weighted by molar-refractivity contribution is 0.642. The fourth-order valence-electron chi connectivity index (χ4n) is 2.28. The van der Waals surface area contributed by atoms with Gasteiger partial charge in [0.25, 0.3) is 0 Å². The molecule has 5 heteroatoms. The van der Waals surface area contributed by atoms with E-state index in [4.69, 9.17) is 0 Å². The molecule has 1 atom stereocenters. The molecule has 0 saturated heterocycles. The molecular formula is C15H17N5. The van der Waals surface area contributed by atoms with E-state index in [0.29, 0.717) is 0 Å². The minimum atomic E-state index is 0.186. The predicted octanol–water partition coefficient (Wildman–Crippen LogP) is 2.77. The standard InChI is InChI=1S/C15H17N5/c1-3-19-10-14(9-17-19)15-18-16-11-20(15)12(2)13-7-5-4-6-8-13/h4-12H,3H2,1-2H3. The number of rotatable bonds is 4. The molecular weight excluding hydrogens is 250 g/mol. The number of aryl methyl sites for hydroxylation is 1. The van der Waals surface area contributed by atoms with Crippen LogP contribution in [-0.4, -0.2) is 24.5 Å². The van der Waals surface area contributed by atoms with Crippen LogP contribution in [0.1, 0.15) is 25.5 Å². The maximum atomic E-state index is 4.30. The zero-order valence-electron chi connectivity index (χ0n) is 11.6. The molecule has 0 radical (unpaired) electrons. The van der Waals surface area contributed by atoms with Crippen LogP contribution in [-0.2, 0) is 6.54 Å². The SMILES string of the molecule is CCn1cc(-c2nncn2C(C)c2ccccc2)cn1. The molecule has 3 aromatic rings. The fraction of sp³-hybridized carbons (Fsp3) is 0.267. The lowest BCUT2D eigenvalue weighted by Crippen LogP contribution is -2.07. The van der Waals surface area contributed by atoms with Crippen LogP contribution in [0.4, 0.5) is 0 Å². The highest BCUT2D eigenvalue weighted by atomic mass is 15.3. The number of aromatic nitrogens is 5. The van der Waals surface area contributed by atoms with E-state index >= 15 is 0 Å². The maximum Gasteiger partial charge on any atom is 0.167 e. The summed E-state index contributed by atoms with van der Waals surface area (Å²) >= 11 is 0. The Bertz CT molecular complexity index is 683. The van der Waals surface area contributed by atoms with E-state index in [2.05, 4.69) is 45.8 Å². The molecule has 1 aromatic carbocycles. The Morgan fingerprint density at radius 2 is 2.00 bits per heavy atom. The Morgan fingerprint density at radius 1 is 1.20 bits per heavy atom. The summed E-state index contributed by atoms with van der Waals surface area (Å²) < 4.78 is 3.97. The van der Waals surface area contributed by atoms with E-state index in [1.54, 1.807) is 6.33 Å². The quantitative estimate of drug-likeness (QED) is 0.730. The van der Waals surface area contributed by atoms with E-state index in [-0.39, 0.29) is 6.04 Å². The minimum Gasteiger partial charge on any atom is -0.306 e. The Morgan fingerprint density at radius 3 is 2.70 bits per heavy atom. The zero-order valence-corrected chi connectivity index (χ0v) is 11.6. The van der Waals surface area contributed by atoms with E-state index in [0.717, 1.165) is 17.9 Å². The lowest BCUT2D eigenvalue weighted by Gasteiger charge is -2.15. The Kier molecular flexibility index (Phi) is 3.33. The van der Waals surface area contributed by atoms with Gasteiger partial charge in [0.1, 0.15) is 6.33 Å². The van der Waals surface area contributed by atoms with Gasteiger partial charge >= 0.3 is 0 Å². The van der Waals surface area contributed by atoms with Gasteiger partial charge in [-0.3, -0.25) is 4.68 Å². The van der Waals surface area contributed by atoms with Crippen molar-refractivity contribution in [3.63, 3.8) is 0 Å². The third-order valence-corrected chi connectivity index (χ3v) is 3.49. The second-order valence-electron chi connectivity index (χ2n) is 4.73. The van der Waals surface area contributed by atoms with Crippen LogP contribution >= 0.6 is 0 Å². The van der Waals surface area contributed by atoms with Crippen LogP contribution in [0.15, 0.2) is 49.1 Å². The van der Waals surface area contributed by atoms with Gasteiger partial charge in [0.15, 0.2) is 5.82 Å². The molecule has 2 aromatic heterocycles. The molecule has 3 rings (SSSR count). The molecule has 0 aliphatic rings. The molecule has 0 aliphatic heterocycles. The molecule has 0 amide bonds. The van der Waals surface area contributed by atoms with Crippen molar-refractivity contribution in [2.24, 2.45) is 0 Å². The van der Waals surface area contributed by atoms with Gasteiger partial charge in [-0.05, 0) is 19.4 Å². The lowest BCUT2D eigenvalue weighted by atomic mass is 10.1. The average molecular weight is 267 g/mol. The summed E-state index contributed by atoms with van der Waals surface area (Å²) in [5, 5.41) is 12.6. The highest BCUT2D eigenvalue weighted by Gasteiger charge is 2.15. The van der Waals surface area contributed by atoms with Crippen molar-refractivity contribution in [3.05, 3.63) is 54.6 Å². The third-order valence-electron chi connectivity index (χ3n) is 3.49. The monoisotopic (exact) mass is 267 g/mol. The van der Waals surface area contributed by atoms with Gasteiger partial charge in [-0.25, -0.2) is 0 Å². The Labute approximate surface area is 117 Å². The zero-order chi connectivity index (χ0) is 13.9. The van der Waals surface area contributed by atoms with E-state index in [1.807, 2.05) is 35.3 Å². The number of hydrogen-bond acceptors (Lipinski definition) is 3. The highest BCUT2D eigenvalue weighted by molar-refractivity contribution is 5.52. The van der Waals surface area contributed by atoms with Crippen molar-refractivity contribution < 1.29 is 0 Å². The van der Waals surface area contributed by atoms with Crippen LogP contribution in [0, 0.1) is 0 Å². The Balaban J connectivity index is 1.98. The first-order valence-electron chi connectivity index (χ1n) is 6.77. The first-order valence-corrected chi connectivity index (χ1v) is 6.77. The van der Waals surface area contributed by atoms with Gasteiger partial charge in [-0.15, -0.1) is 10.2 Å². The molecule has 0 saturated carbocycles. The molecule has 0 spiro atoms. The molecule has 0 bridgehead atoms. The summed E-state index contributed by atoms with van der Waals surface area (Å²) in [5.74, 6) is 0.848. The van der Waals surface area contributed by atoms with Crippen molar-refractivity contribution in [2.75, 3.05) is 0 Å². The molecule has 102 valence electrons. The first kappa shape index (κ1) is 12.6. The van der Waals surface area contributed by atoms with Gasteiger partial charge in [-0.2, -0.15) is 5.10 Å². The molecule has 20 heavy (non-hydrogen) atoms. The summed E-state index contributed by atoms with van der Waals surface area (Å²) in [5.41, 5.74) is 2.23. The van der Waals surface area contributed by atoms with Gasteiger partial charge in [-0.1, -0.05) is 30.3 Å². The van der Waals surface area contributed by atoms with Crippen molar-refractivity contribution in [2.45, 2.75) is 26.4 Å². The van der Waals surface area contributed by atoms with E-state index < -0.39 is 0 Å². The fourth-order valence-corrected chi connectivity index (χ4v) is 2.28. The second-order valence-corrected chi connectivity index (χ2v) is 4.73. The topological polar surface area (TPSA) is 48.5 Å². The van der Waals surface area contributed by atoms with Crippen LogP contribution in [0.5, 0.6) is 0 Å². The van der Waals surface area contributed by atoms with Crippen molar-refractivity contribution in [1.29, 1.82) is 0 Å². The van der Waals surface area contributed by atoms with E-state index in [9.17, 15) is 0 Å². The first-order chi connectivity index (χ1) is 9.79. The summed E-state index contributed by atoms with van der Waals surface area (Å²) in [7, 11) is 0. The summed E-state index contributed by atoms with van der Waals surface area (Å²) in [6.45, 7) is 5.06. The van der Waals surface area contributed by atoms with Gasteiger partial charge in [0, 0.05) is 12.7 Å². The molecule has 1 unspecified atom stereocenters. The van der Waals surface area contributed by atoms with Crippen molar-refractivity contribution >= 4 is 0 Å². The molecule has 2 heterocycles. The second kappa shape index (κ2) is 5.28. The van der Waals surface area contributed by atoms with Crippen LogP contribution < -0.4 is 0 Å². The Hall–Kier alpha value is -2.43. The van der Waals surface area contributed by atoms with E-state index in [1.165, 1.54) is 5.56 Å². The van der Waals surface area contributed by atoms with Crippen LogP contribution in [0.25, 0.3) is 11.4 Å². The largest absolute Gasteiger partial charge is 0.306 e. The average Bonchev–Trinajstić information content (AvgIpc) is 3.15. The van der Waals surface area contributed by atoms with Crippen molar-refractivity contribution in [3.8, 4) is 11.4 Å². The van der Waals surface area contributed by atoms with Gasteiger partial charge < -0.3 is 4.57 Å². The normalized spacial score (nSPS) is 12.5. The minimum absolute atomic E-state index is 0.186. The smallest absolute Gasteiger partial charge is 0.167 e. The number of hydrogen-bond donors (Lipinski definition) is 0. The van der Waals surface area contributed by atoms with Crippen molar-refractivity contribution in [1.82, 2.24) is 24.5 Å². The van der Waals surface area contributed by atoms with Crippen LogP contribution in [0.3, 0.4) is 0 Å². The highest BCUT2D eigenvalue weighted by Crippen LogP contribution is 2.24. The molecule has 0 N–H and O–H groups in total. The molecule has 0 fully saturated rings.